The molecule has 1 unspecified atom stereocenters. The average Bonchev–Trinajstić information content (AvgIpc) is 3.42. The fourth-order valence-electron chi connectivity index (χ4n) is 5.04. The highest BCUT2D eigenvalue weighted by Crippen LogP contribution is 2.38. The van der Waals surface area contributed by atoms with Gasteiger partial charge in [0.05, 0.1) is 12.4 Å². The van der Waals surface area contributed by atoms with Crippen molar-refractivity contribution in [3.63, 3.8) is 0 Å². The molecule has 5 heterocycles. The van der Waals surface area contributed by atoms with Gasteiger partial charge in [0.15, 0.2) is 5.82 Å². The van der Waals surface area contributed by atoms with Gasteiger partial charge in [-0.1, -0.05) is 0 Å². The van der Waals surface area contributed by atoms with Crippen LogP contribution in [-0.2, 0) is 4.79 Å². The van der Waals surface area contributed by atoms with E-state index in [4.69, 9.17) is 15.0 Å². The maximum absolute atomic E-state index is 13.5. The molecule has 2 aliphatic heterocycles. The van der Waals surface area contributed by atoms with E-state index < -0.39 is 5.54 Å². The molecule has 2 saturated heterocycles. The van der Waals surface area contributed by atoms with Gasteiger partial charge < -0.3 is 20.0 Å². The maximum Gasteiger partial charge on any atom is 0.251 e. The Labute approximate surface area is 215 Å². The first kappa shape index (κ1) is 23.5. The highest BCUT2D eigenvalue weighted by molar-refractivity contribution is 5.99. The van der Waals surface area contributed by atoms with E-state index in [9.17, 15) is 4.79 Å². The molecule has 3 fully saturated rings. The monoisotopic (exact) mass is 504 g/mol. The SMILES string of the molecule is CN1CCN(c2nc(N(c3ccn[nH]3)C3CC3)nc(N3CCCC3(C)C(=O)Nc3cnccn3)n2)CC1. The summed E-state index contributed by atoms with van der Waals surface area (Å²) in [5.74, 6) is 2.86. The number of aromatic nitrogens is 7. The summed E-state index contributed by atoms with van der Waals surface area (Å²) in [5.41, 5.74) is -0.839. The zero-order valence-electron chi connectivity index (χ0n) is 21.2. The molecule has 194 valence electrons. The minimum absolute atomic E-state index is 0.152. The molecule has 0 spiro atoms. The molecule has 1 amide bonds. The van der Waals surface area contributed by atoms with Crippen LogP contribution in [0.1, 0.15) is 32.6 Å². The van der Waals surface area contributed by atoms with Crippen LogP contribution in [0.2, 0.25) is 0 Å². The standard InChI is InChI=1S/C24H32N12O/c1-24(20(37)28-18-16-25-9-10-26-18)7-3-11-35(24)22-29-21(34-14-12-33(2)13-15-34)30-23(31-22)36(17-4-5-17)19-6-8-27-32-19/h6,8-10,16-17H,3-5,7,11-15H2,1-2H3,(H,27,32)(H,26,28,37). The lowest BCUT2D eigenvalue weighted by molar-refractivity contribution is -0.120. The van der Waals surface area contributed by atoms with Crippen molar-refractivity contribution in [2.45, 2.75) is 44.2 Å². The molecular weight excluding hydrogens is 472 g/mol. The lowest BCUT2D eigenvalue weighted by Crippen LogP contribution is -2.52. The van der Waals surface area contributed by atoms with Gasteiger partial charge in [-0.3, -0.25) is 19.8 Å². The summed E-state index contributed by atoms with van der Waals surface area (Å²) in [6.45, 7) is 6.15. The Balaban J connectivity index is 1.38. The van der Waals surface area contributed by atoms with Crippen LogP contribution in [0.4, 0.5) is 29.5 Å². The van der Waals surface area contributed by atoms with Gasteiger partial charge in [-0.2, -0.15) is 20.1 Å². The highest BCUT2D eigenvalue weighted by atomic mass is 16.2. The number of hydrogen-bond donors (Lipinski definition) is 2. The Kier molecular flexibility index (Phi) is 6.07. The summed E-state index contributed by atoms with van der Waals surface area (Å²) in [4.78, 5) is 45.3. The third-order valence-electron chi connectivity index (χ3n) is 7.44. The summed E-state index contributed by atoms with van der Waals surface area (Å²) in [6, 6.07) is 2.24. The third kappa shape index (κ3) is 4.66. The number of likely N-dealkylation sites (N-methyl/N-ethyl adjacent to an activating group) is 1. The molecule has 0 bridgehead atoms. The third-order valence-corrected chi connectivity index (χ3v) is 7.44. The van der Waals surface area contributed by atoms with Crippen LogP contribution in [0.25, 0.3) is 0 Å². The van der Waals surface area contributed by atoms with Crippen LogP contribution in [0.3, 0.4) is 0 Å². The summed E-state index contributed by atoms with van der Waals surface area (Å²) >= 11 is 0. The normalized spacial score (nSPS) is 22.3. The lowest BCUT2D eigenvalue weighted by atomic mass is 9.98. The molecule has 3 aromatic rings. The van der Waals surface area contributed by atoms with Gasteiger partial charge in [0, 0.05) is 57.2 Å². The first-order valence-corrected chi connectivity index (χ1v) is 12.8. The zero-order chi connectivity index (χ0) is 25.4. The number of nitrogens with one attached hydrogen (secondary N) is 2. The first-order valence-electron chi connectivity index (χ1n) is 12.8. The van der Waals surface area contributed by atoms with Gasteiger partial charge in [-0.05, 0) is 39.7 Å². The Morgan fingerprint density at radius 3 is 2.59 bits per heavy atom. The number of carbonyl (C=O) groups is 1. The van der Waals surface area contributed by atoms with Crippen LogP contribution in [0.15, 0.2) is 30.9 Å². The molecule has 6 rings (SSSR count). The van der Waals surface area contributed by atoms with E-state index in [1.165, 1.54) is 0 Å². The average molecular weight is 505 g/mol. The summed E-state index contributed by atoms with van der Waals surface area (Å²) < 4.78 is 0. The molecule has 3 aromatic heterocycles. The van der Waals surface area contributed by atoms with Crippen LogP contribution >= 0.6 is 0 Å². The minimum atomic E-state index is -0.839. The Morgan fingerprint density at radius 1 is 1.08 bits per heavy atom. The number of amides is 1. The molecule has 3 aliphatic rings. The van der Waals surface area contributed by atoms with Crippen LogP contribution in [0, 0.1) is 0 Å². The topological polar surface area (TPSA) is 135 Å². The molecule has 1 atom stereocenters. The molecule has 1 saturated carbocycles. The minimum Gasteiger partial charge on any atom is -0.338 e. The highest BCUT2D eigenvalue weighted by Gasteiger charge is 2.45. The molecular formula is C24H32N12O. The number of carbonyl (C=O) groups excluding carboxylic acids is 1. The fourth-order valence-corrected chi connectivity index (χ4v) is 5.04. The second kappa shape index (κ2) is 9.54. The number of anilines is 5. The van der Waals surface area contributed by atoms with Crippen LogP contribution < -0.4 is 20.0 Å². The summed E-state index contributed by atoms with van der Waals surface area (Å²) in [7, 11) is 2.13. The molecule has 13 nitrogen and oxygen atoms in total. The van der Waals surface area contributed by atoms with Crippen molar-refractivity contribution in [3.8, 4) is 0 Å². The van der Waals surface area contributed by atoms with Crippen molar-refractivity contribution < 1.29 is 4.79 Å². The first-order chi connectivity index (χ1) is 18.0. The van der Waals surface area contributed by atoms with Gasteiger partial charge >= 0.3 is 0 Å². The predicted molar refractivity (Wildman–Crippen MR) is 139 cm³/mol. The van der Waals surface area contributed by atoms with Crippen molar-refractivity contribution in [2.24, 2.45) is 0 Å². The molecule has 37 heavy (non-hydrogen) atoms. The largest absolute Gasteiger partial charge is 0.338 e. The number of nitrogens with zero attached hydrogens (tertiary/aromatic N) is 10. The molecule has 1 aliphatic carbocycles. The number of H-pyrrole nitrogens is 1. The molecule has 0 radical (unpaired) electrons. The van der Waals surface area contributed by atoms with Gasteiger partial charge in [0.2, 0.25) is 17.8 Å². The molecule has 0 aromatic carbocycles. The van der Waals surface area contributed by atoms with Gasteiger partial charge in [0.25, 0.3) is 5.91 Å². The van der Waals surface area contributed by atoms with Crippen LogP contribution in [0.5, 0.6) is 0 Å². The van der Waals surface area contributed by atoms with E-state index in [-0.39, 0.29) is 5.91 Å². The van der Waals surface area contributed by atoms with Crippen molar-refractivity contribution in [2.75, 3.05) is 59.8 Å². The number of rotatable bonds is 7. The number of hydrogen-bond acceptors (Lipinski definition) is 11. The van der Waals surface area contributed by atoms with Crippen molar-refractivity contribution in [3.05, 3.63) is 30.9 Å². The van der Waals surface area contributed by atoms with Gasteiger partial charge in [-0.25, -0.2) is 4.98 Å². The van der Waals surface area contributed by atoms with E-state index in [1.54, 1.807) is 24.8 Å². The van der Waals surface area contributed by atoms with Crippen molar-refractivity contribution in [1.82, 2.24) is 40.0 Å². The number of piperazine rings is 1. The molecule has 2 N–H and O–H groups in total. The summed E-state index contributed by atoms with van der Waals surface area (Å²) in [5, 5.41) is 10.2. The number of aromatic amines is 1. The zero-order valence-corrected chi connectivity index (χ0v) is 21.2. The van der Waals surface area contributed by atoms with E-state index in [2.05, 4.69) is 47.2 Å². The van der Waals surface area contributed by atoms with Crippen molar-refractivity contribution in [1.29, 1.82) is 0 Å². The quantitative estimate of drug-likeness (QED) is 0.484. The van der Waals surface area contributed by atoms with E-state index in [0.717, 1.165) is 51.3 Å². The fraction of sp³-hybridized carbons (Fsp3) is 0.542. The van der Waals surface area contributed by atoms with Crippen molar-refractivity contribution >= 4 is 35.4 Å². The second-order valence-corrected chi connectivity index (χ2v) is 10.1. The molecule has 13 heteroatoms. The smallest absolute Gasteiger partial charge is 0.251 e. The maximum atomic E-state index is 13.5. The Bertz CT molecular complexity index is 1230. The predicted octanol–water partition coefficient (Wildman–Crippen LogP) is 1.43. The van der Waals surface area contributed by atoms with E-state index in [1.807, 2.05) is 17.9 Å². The van der Waals surface area contributed by atoms with E-state index in [0.29, 0.717) is 42.7 Å². The van der Waals surface area contributed by atoms with E-state index >= 15 is 0 Å². The summed E-state index contributed by atoms with van der Waals surface area (Å²) in [6.07, 6.45) is 10.1. The van der Waals surface area contributed by atoms with Gasteiger partial charge in [0.1, 0.15) is 11.4 Å². The second-order valence-electron chi connectivity index (χ2n) is 10.1. The van der Waals surface area contributed by atoms with Gasteiger partial charge in [-0.15, -0.1) is 0 Å². The Morgan fingerprint density at radius 2 is 1.89 bits per heavy atom. The Hall–Kier alpha value is -3.87. The van der Waals surface area contributed by atoms with Crippen LogP contribution in [-0.4, -0.2) is 97.3 Å². The lowest BCUT2D eigenvalue weighted by Gasteiger charge is -2.36.